The topological polar surface area (TPSA) is 6.48 Å². The van der Waals surface area contributed by atoms with E-state index in [2.05, 4.69) is 97.5 Å². The number of benzene rings is 1. The van der Waals surface area contributed by atoms with Gasteiger partial charge in [0.1, 0.15) is 0 Å². The maximum absolute atomic E-state index is 4.01. The molecule has 0 bridgehead atoms. The molecule has 2 nitrogen and oxygen atoms in total. The van der Waals surface area contributed by atoms with Crippen molar-refractivity contribution in [3.63, 3.8) is 0 Å². The van der Waals surface area contributed by atoms with Crippen LogP contribution >= 0.6 is 0 Å². The van der Waals surface area contributed by atoms with E-state index in [0.29, 0.717) is 12.1 Å². The van der Waals surface area contributed by atoms with E-state index < -0.39 is 0 Å². The van der Waals surface area contributed by atoms with Gasteiger partial charge in [-0.1, -0.05) is 87.2 Å². The molecule has 33 heavy (non-hydrogen) atoms. The van der Waals surface area contributed by atoms with Gasteiger partial charge < -0.3 is 4.90 Å². The molecule has 2 unspecified atom stereocenters. The first-order valence-electron chi connectivity index (χ1n) is 12.7. The van der Waals surface area contributed by atoms with Crippen molar-refractivity contribution in [1.82, 2.24) is 9.80 Å². The lowest BCUT2D eigenvalue weighted by molar-refractivity contribution is 0.0981. The summed E-state index contributed by atoms with van der Waals surface area (Å²) in [7, 11) is 0. The lowest BCUT2D eigenvalue weighted by Gasteiger charge is -2.42. The van der Waals surface area contributed by atoms with E-state index in [0.717, 1.165) is 32.4 Å². The predicted octanol–water partition coefficient (Wildman–Crippen LogP) is 7.60. The molecule has 1 aromatic carbocycles. The number of hydrogen-bond donors (Lipinski definition) is 0. The van der Waals surface area contributed by atoms with Crippen LogP contribution in [-0.2, 0) is 6.54 Å². The van der Waals surface area contributed by atoms with Crippen LogP contribution in [0.1, 0.15) is 57.9 Å². The molecule has 2 aliphatic rings. The molecule has 0 N–H and O–H groups in total. The molecule has 1 aromatic rings. The average molecular weight is 443 g/mol. The number of nitrogens with zero attached hydrogens (tertiary/aromatic N) is 2. The summed E-state index contributed by atoms with van der Waals surface area (Å²) < 4.78 is 0. The van der Waals surface area contributed by atoms with Gasteiger partial charge in [-0.15, -0.1) is 0 Å². The van der Waals surface area contributed by atoms with Gasteiger partial charge in [-0.2, -0.15) is 0 Å². The second-order valence-electron chi connectivity index (χ2n) is 9.21. The average Bonchev–Trinajstić information content (AvgIpc) is 3.22. The molecule has 1 aliphatic heterocycles. The van der Waals surface area contributed by atoms with Gasteiger partial charge >= 0.3 is 0 Å². The Bertz CT molecular complexity index is 887. The smallest absolute Gasteiger partial charge is 0.0371 e. The summed E-state index contributed by atoms with van der Waals surface area (Å²) >= 11 is 0. The minimum absolute atomic E-state index is 0.469. The summed E-state index contributed by atoms with van der Waals surface area (Å²) in [5.41, 5.74) is 5.63. The van der Waals surface area contributed by atoms with Crippen LogP contribution < -0.4 is 0 Å². The molecule has 1 aliphatic carbocycles. The maximum atomic E-state index is 4.01. The maximum Gasteiger partial charge on any atom is 0.0371 e. The standard InChI is InChI=1S/C31H42N2/c1-5-14-27-22-31(23-28(27)15-6-2)33(29(16-7-3)17-8-4)25-30-20-12-13-21-32(30)24-26-18-10-9-11-19-26/h5,7-11,14-19,30-31H,1,3,6,12-13,20-25H2,2,4H3/b17-8-,27-14-,28-15-,29-16+. The van der Waals surface area contributed by atoms with Crippen molar-refractivity contribution in [3.8, 4) is 0 Å². The van der Waals surface area contributed by atoms with Gasteiger partial charge in [0.2, 0.25) is 0 Å². The molecule has 2 fully saturated rings. The zero-order chi connectivity index (χ0) is 23.5. The first kappa shape index (κ1) is 25.1. The molecule has 1 heterocycles. The van der Waals surface area contributed by atoms with Crippen LogP contribution in [0.15, 0.2) is 103 Å². The molecular weight excluding hydrogens is 400 g/mol. The van der Waals surface area contributed by atoms with Crippen molar-refractivity contribution in [2.75, 3.05) is 13.1 Å². The minimum atomic E-state index is 0.469. The van der Waals surface area contributed by atoms with Gasteiger partial charge in [0.05, 0.1) is 0 Å². The van der Waals surface area contributed by atoms with Gasteiger partial charge in [-0.25, -0.2) is 0 Å². The fraction of sp³-hybridized carbons (Fsp3) is 0.419. The molecule has 0 spiro atoms. The predicted molar refractivity (Wildman–Crippen MR) is 144 cm³/mol. The van der Waals surface area contributed by atoms with E-state index in [-0.39, 0.29) is 0 Å². The van der Waals surface area contributed by atoms with Crippen molar-refractivity contribution in [3.05, 3.63) is 108 Å². The van der Waals surface area contributed by atoms with Gasteiger partial charge in [-0.05, 0) is 74.4 Å². The highest BCUT2D eigenvalue weighted by Crippen LogP contribution is 2.37. The van der Waals surface area contributed by atoms with Crippen LogP contribution in [0, 0.1) is 0 Å². The van der Waals surface area contributed by atoms with Crippen LogP contribution in [-0.4, -0.2) is 35.0 Å². The minimum Gasteiger partial charge on any atom is -0.366 e. The first-order valence-corrected chi connectivity index (χ1v) is 12.7. The molecule has 176 valence electrons. The Hall–Kier alpha value is -2.58. The highest BCUT2D eigenvalue weighted by Gasteiger charge is 2.32. The Labute approximate surface area is 202 Å². The second-order valence-corrected chi connectivity index (χ2v) is 9.21. The zero-order valence-corrected chi connectivity index (χ0v) is 20.8. The number of allylic oxidation sites excluding steroid dienone is 7. The molecule has 2 heteroatoms. The first-order chi connectivity index (χ1) is 16.2. The van der Waals surface area contributed by atoms with Crippen molar-refractivity contribution < 1.29 is 0 Å². The molecule has 1 saturated carbocycles. The normalized spacial score (nSPS) is 24.6. The quantitative estimate of drug-likeness (QED) is 0.344. The molecule has 3 rings (SSSR count). The summed E-state index contributed by atoms with van der Waals surface area (Å²) in [5, 5.41) is 0. The molecule has 0 radical (unpaired) electrons. The molecule has 1 saturated heterocycles. The fourth-order valence-electron chi connectivity index (χ4n) is 5.36. The highest BCUT2D eigenvalue weighted by atomic mass is 15.2. The number of hydrogen-bond acceptors (Lipinski definition) is 2. The highest BCUT2D eigenvalue weighted by molar-refractivity contribution is 5.40. The summed E-state index contributed by atoms with van der Waals surface area (Å²) in [6, 6.07) is 12.0. The zero-order valence-electron chi connectivity index (χ0n) is 20.8. The van der Waals surface area contributed by atoms with Crippen molar-refractivity contribution in [1.29, 1.82) is 0 Å². The Morgan fingerprint density at radius 3 is 2.58 bits per heavy atom. The van der Waals surface area contributed by atoms with E-state index in [4.69, 9.17) is 0 Å². The Balaban J connectivity index is 1.88. The Morgan fingerprint density at radius 1 is 1.09 bits per heavy atom. The van der Waals surface area contributed by atoms with Crippen LogP contribution in [0.3, 0.4) is 0 Å². The van der Waals surface area contributed by atoms with Crippen molar-refractivity contribution in [2.45, 2.75) is 71.0 Å². The van der Waals surface area contributed by atoms with Crippen molar-refractivity contribution in [2.24, 2.45) is 0 Å². The summed E-state index contributed by atoms with van der Waals surface area (Å²) in [6.07, 6.45) is 22.2. The summed E-state index contributed by atoms with van der Waals surface area (Å²) in [5.74, 6) is 0. The van der Waals surface area contributed by atoms with Crippen LogP contribution in [0.4, 0.5) is 0 Å². The van der Waals surface area contributed by atoms with Gasteiger partial charge in [-0.3, -0.25) is 4.90 Å². The van der Waals surface area contributed by atoms with E-state index >= 15 is 0 Å². The molecular formula is C31H42N2. The van der Waals surface area contributed by atoms with Gasteiger partial charge in [0, 0.05) is 30.9 Å². The third kappa shape index (κ3) is 6.95. The Kier molecular flexibility index (Phi) is 10.0. The SMILES string of the molecule is C=C/C=C1/CC(N(CC2CCCCN2Cc2ccccc2)C(/C=C\C)=C/C=C)C/C1=C/CC. The van der Waals surface area contributed by atoms with E-state index in [9.17, 15) is 0 Å². The molecule has 2 atom stereocenters. The number of piperidine rings is 1. The summed E-state index contributed by atoms with van der Waals surface area (Å²) in [4.78, 5) is 5.38. The van der Waals surface area contributed by atoms with Crippen molar-refractivity contribution >= 4 is 0 Å². The van der Waals surface area contributed by atoms with Crippen LogP contribution in [0.5, 0.6) is 0 Å². The molecule has 0 amide bonds. The van der Waals surface area contributed by atoms with Crippen LogP contribution in [0.25, 0.3) is 0 Å². The van der Waals surface area contributed by atoms with Crippen LogP contribution in [0.2, 0.25) is 0 Å². The number of rotatable bonds is 10. The lowest BCUT2D eigenvalue weighted by Crippen LogP contribution is -2.48. The second kappa shape index (κ2) is 13.2. The van der Waals surface area contributed by atoms with Gasteiger partial charge in [0.15, 0.2) is 0 Å². The molecule has 0 aromatic heterocycles. The number of likely N-dealkylation sites (tertiary alicyclic amines) is 1. The van der Waals surface area contributed by atoms with E-state index in [1.807, 2.05) is 12.2 Å². The Morgan fingerprint density at radius 2 is 1.88 bits per heavy atom. The fourth-order valence-corrected chi connectivity index (χ4v) is 5.36. The third-order valence-corrected chi connectivity index (χ3v) is 6.88. The van der Waals surface area contributed by atoms with E-state index in [1.54, 1.807) is 0 Å². The summed E-state index contributed by atoms with van der Waals surface area (Å²) in [6.45, 7) is 15.6. The van der Waals surface area contributed by atoms with Gasteiger partial charge in [0.25, 0.3) is 0 Å². The van der Waals surface area contributed by atoms with E-state index in [1.165, 1.54) is 48.2 Å². The third-order valence-electron chi connectivity index (χ3n) is 6.88. The monoisotopic (exact) mass is 442 g/mol. The largest absolute Gasteiger partial charge is 0.366 e. The lowest BCUT2D eigenvalue weighted by atomic mass is 9.99.